The van der Waals surface area contributed by atoms with Crippen LogP contribution in [0.1, 0.15) is 19.3 Å². The summed E-state index contributed by atoms with van der Waals surface area (Å²) >= 11 is 0. The fourth-order valence-electron chi connectivity index (χ4n) is 1.82. The number of carbonyl (C=O) groups is 1. The van der Waals surface area contributed by atoms with Crippen molar-refractivity contribution in [3.8, 4) is 0 Å². The van der Waals surface area contributed by atoms with Gasteiger partial charge in [0.15, 0.2) is 0 Å². The number of rotatable bonds is 9. The highest BCUT2D eigenvalue weighted by Gasteiger charge is 2.16. The molecule has 6 heteroatoms. The molecule has 0 aromatic rings. The molecule has 1 atom stereocenters. The first-order valence-electron chi connectivity index (χ1n) is 6.37. The maximum atomic E-state index is 11.5. The van der Waals surface area contributed by atoms with E-state index in [1.807, 2.05) is 0 Å². The molecule has 1 aliphatic heterocycles. The maximum absolute atomic E-state index is 11.5. The Kier molecular flexibility index (Phi) is 11.5. The summed E-state index contributed by atoms with van der Waals surface area (Å²) in [4.78, 5) is 11.5. The van der Waals surface area contributed by atoms with E-state index in [0.717, 1.165) is 39.1 Å². The van der Waals surface area contributed by atoms with E-state index < -0.39 is 0 Å². The number of hydrogen-bond donors (Lipinski definition) is 2. The van der Waals surface area contributed by atoms with E-state index >= 15 is 0 Å². The predicted molar refractivity (Wildman–Crippen MR) is 73.2 cm³/mol. The number of amides is 1. The van der Waals surface area contributed by atoms with Crippen LogP contribution in [0.25, 0.3) is 0 Å². The zero-order valence-electron chi connectivity index (χ0n) is 11.1. The molecule has 0 radical (unpaired) electrons. The van der Waals surface area contributed by atoms with Gasteiger partial charge in [0.25, 0.3) is 0 Å². The molecule has 1 aliphatic rings. The fraction of sp³-hybridized carbons (Fsp3) is 0.917. The van der Waals surface area contributed by atoms with Crippen LogP contribution < -0.4 is 10.6 Å². The summed E-state index contributed by atoms with van der Waals surface area (Å²) in [5.74, 6) is 0.728. The minimum absolute atomic E-state index is 0. The van der Waals surface area contributed by atoms with Gasteiger partial charge in [-0.1, -0.05) is 0 Å². The average molecular weight is 281 g/mol. The number of methoxy groups -OCH3 is 1. The van der Waals surface area contributed by atoms with Crippen molar-refractivity contribution in [1.29, 1.82) is 0 Å². The first-order chi connectivity index (χ1) is 8.33. The lowest BCUT2D eigenvalue weighted by molar-refractivity contribution is -0.121. The Morgan fingerprint density at radius 3 is 2.89 bits per heavy atom. The molecule has 0 saturated carbocycles. The van der Waals surface area contributed by atoms with Gasteiger partial charge in [0.1, 0.15) is 0 Å². The molecule has 0 spiro atoms. The highest BCUT2D eigenvalue weighted by atomic mass is 35.5. The van der Waals surface area contributed by atoms with Gasteiger partial charge in [-0.3, -0.25) is 4.79 Å². The summed E-state index contributed by atoms with van der Waals surface area (Å²) in [6.45, 7) is 4.69. The summed E-state index contributed by atoms with van der Waals surface area (Å²) in [5, 5.41) is 6.08. The van der Waals surface area contributed by atoms with Crippen LogP contribution in [0, 0.1) is 5.92 Å². The van der Waals surface area contributed by atoms with Crippen LogP contribution in [0.2, 0.25) is 0 Å². The minimum atomic E-state index is 0. The molecule has 1 rings (SSSR count). The fourth-order valence-corrected chi connectivity index (χ4v) is 1.82. The van der Waals surface area contributed by atoms with E-state index in [1.165, 1.54) is 0 Å². The molecule has 5 nitrogen and oxygen atoms in total. The Bertz CT molecular complexity index is 211. The summed E-state index contributed by atoms with van der Waals surface area (Å²) in [6, 6.07) is 0. The molecule has 0 bridgehead atoms. The summed E-state index contributed by atoms with van der Waals surface area (Å²) in [6.07, 6.45) is 2.67. The molecule has 2 N–H and O–H groups in total. The van der Waals surface area contributed by atoms with Gasteiger partial charge in [0.05, 0.1) is 6.61 Å². The van der Waals surface area contributed by atoms with E-state index in [-0.39, 0.29) is 18.3 Å². The number of nitrogens with one attached hydrogen (secondary N) is 2. The molecular formula is C12H25ClN2O3. The van der Waals surface area contributed by atoms with E-state index in [0.29, 0.717) is 25.5 Å². The van der Waals surface area contributed by atoms with Crippen LogP contribution >= 0.6 is 12.4 Å². The van der Waals surface area contributed by atoms with Crippen LogP contribution in [0.15, 0.2) is 0 Å². The third-order valence-corrected chi connectivity index (χ3v) is 2.91. The second-order valence-corrected chi connectivity index (χ2v) is 4.36. The lowest BCUT2D eigenvalue weighted by Crippen LogP contribution is -2.33. The number of hydrogen-bond acceptors (Lipinski definition) is 4. The van der Waals surface area contributed by atoms with Crippen molar-refractivity contribution in [2.45, 2.75) is 19.3 Å². The van der Waals surface area contributed by atoms with Gasteiger partial charge in [-0.15, -0.1) is 12.4 Å². The van der Waals surface area contributed by atoms with Gasteiger partial charge < -0.3 is 20.1 Å². The van der Waals surface area contributed by atoms with Gasteiger partial charge in [0.2, 0.25) is 5.91 Å². The molecule has 0 aliphatic carbocycles. The molecule has 1 amide bonds. The highest BCUT2D eigenvalue weighted by molar-refractivity contribution is 5.85. The third kappa shape index (κ3) is 8.69. The van der Waals surface area contributed by atoms with Crippen molar-refractivity contribution < 1.29 is 14.3 Å². The molecule has 18 heavy (non-hydrogen) atoms. The van der Waals surface area contributed by atoms with E-state index in [9.17, 15) is 4.79 Å². The Morgan fingerprint density at radius 2 is 2.22 bits per heavy atom. The first kappa shape index (κ1) is 17.6. The Balaban J connectivity index is 0.00000289. The molecule has 0 aromatic carbocycles. The summed E-state index contributed by atoms with van der Waals surface area (Å²) < 4.78 is 10.2. The standard InChI is InChI=1S/C12H24N2O3.ClH/c1-16-9-7-13-5-6-14-12(15)3-2-11-4-8-17-10-11;/h11,13H,2-10H2,1H3,(H,14,15);1H. The van der Waals surface area contributed by atoms with Crippen molar-refractivity contribution in [1.82, 2.24) is 10.6 Å². The zero-order valence-corrected chi connectivity index (χ0v) is 11.9. The Labute approximate surface area is 115 Å². The average Bonchev–Trinajstić information content (AvgIpc) is 2.84. The van der Waals surface area contributed by atoms with Crippen molar-refractivity contribution >= 4 is 18.3 Å². The van der Waals surface area contributed by atoms with Crippen LogP contribution in [0.5, 0.6) is 0 Å². The van der Waals surface area contributed by atoms with Crippen LogP contribution in [0.4, 0.5) is 0 Å². The van der Waals surface area contributed by atoms with Gasteiger partial charge in [-0.2, -0.15) is 0 Å². The van der Waals surface area contributed by atoms with Gasteiger partial charge in [-0.05, 0) is 18.8 Å². The lowest BCUT2D eigenvalue weighted by Gasteiger charge is -2.08. The van der Waals surface area contributed by atoms with E-state index in [2.05, 4.69) is 10.6 Å². The SMILES string of the molecule is COCCNCCNC(=O)CCC1CCOC1.Cl. The maximum Gasteiger partial charge on any atom is 0.220 e. The lowest BCUT2D eigenvalue weighted by atomic mass is 10.0. The Morgan fingerprint density at radius 1 is 1.39 bits per heavy atom. The van der Waals surface area contributed by atoms with Crippen molar-refractivity contribution in [2.75, 3.05) is 46.6 Å². The minimum Gasteiger partial charge on any atom is -0.383 e. The molecule has 1 heterocycles. The van der Waals surface area contributed by atoms with Crippen LogP contribution in [-0.4, -0.2) is 52.5 Å². The van der Waals surface area contributed by atoms with Gasteiger partial charge >= 0.3 is 0 Å². The van der Waals surface area contributed by atoms with Crippen molar-refractivity contribution in [3.05, 3.63) is 0 Å². The molecule has 1 unspecified atom stereocenters. The normalized spacial score (nSPS) is 18.4. The second kappa shape index (κ2) is 11.7. The predicted octanol–water partition coefficient (Wildman–Crippen LogP) is 0.577. The van der Waals surface area contributed by atoms with Gasteiger partial charge in [0, 0.05) is 46.4 Å². The topological polar surface area (TPSA) is 59.6 Å². The third-order valence-electron chi connectivity index (χ3n) is 2.91. The van der Waals surface area contributed by atoms with Crippen LogP contribution in [0.3, 0.4) is 0 Å². The molecule has 1 fully saturated rings. The van der Waals surface area contributed by atoms with Crippen molar-refractivity contribution in [3.63, 3.8) is 0 Å². The molecule has 108 valence electrons. The smallest absolute Gasteiger partial charge is 0.220 e. The molecule has 1 saturated heterocycles. The molecular weight excluding hydrogens is 256 g/mol. The largest absolute Gasteiger partial charge is 0.383 e. The monoisotopic (exact) mass is 280 g/mol. The Hall–Kier alpha value is -0.360. The first-order valence-corrected chi connectivity index (χ1v) is 6.37. The zero-order chi connectivity index (χ0) is 12.3. The number of halogens is 1. The van der Waals surface area contributed by atoms with E-state index in [4.69, 9.17) is 9.47 Å². The summed E-state index contributed by atoms with van der Waals surface area (Å²) in [7, 11) is 1.68. The molecule has 0 aromatic heterocycles. The van der Waals surface area contributed by atoms with Crippen LogP contribution in [-0.2, 0) is 14.3 Å². The highest BCUT2D eigenvalue weighted by Crippen LogP contribution is 2.17. The van der Waals surface area contributed by atoms with Gasteiger partial charge in [-0.25, -0.2) is 0 Å². The quantitative estimate of drug-likeness (QED) is 0.607. The van der Waals surface area contributed by atoms with E-state index in [1.54, 1.807) is 7.11 Å². The number of carbonyl (C=O) groups excluding carboxylic acids is 1. The number of ether oxygens (including phenoxy) is 2. The second-order valence-electron chi connectivity index (χ2n) is 4.36. The van der Waals surface area contributed by atoms with Crippen molar-refractivity contribution in [2.24, 2.45) is 5.92 Å². The summed E-state index contributed by atoms with van der Waals surface area (Å²) in [5.41, 5.74) is 0.